The Morgan fingerprint density at radius 1 is 1.15 bits per heavy atom. The summed E-state index contributed by atoms with van der Waals surface area (Å²) in [6, 6.07) is 11.6. The Kier molecular flexibility index (Phi) is 3.33. The van der Waals surface area contributed by atoms with Crippen LogP contribution in [0.3, 0.4) is 0 Å². The van der Waals surface area contributed by atoms with Gasteiger partial charge in [-0.25, -0.2) is 0 Å². The number of amides is 1. The van der Waals surface area contributed by atoms with E-state index < -0.39 is 0 Å². The normalized spacial score (nSPS) is 26.2. The lowest BCUT2D eigenvalue weighted by molar-refractivity contribution is -0.141. The molecule has 0 saturated carbocycles. The Labute approximate surface area is 121 Å². The van der Waals surface area contributed by atoms with Crippen molar-refractivity contribution in [2.45, 2.75) is 45.8 Å². The molecule has 20 heavy (non-hydrogen) atoms. The maximum atomic E-state index is 12.4. The Bertz CT molecular complexity index is 491. The summed E-state index contributed by atoms with van der Waals surface area (Å²) in [6.07, 6.45) is 1.15. The molecule has 2 atom stereocenters. The minimum atomic E-state index is -0.255. The van der Waals surface area contributed by atoms with Crippen LogP contribution in [0.1, 0.15) is 32.8 Å². The molecule has 3 heteroatoms. The molecule has 2 fully saturated rings. The summed E-state index contributed by atoms with van der Waals surface area (Å²) in [5, 5.41) is 0. The topological polar surface area (TPSA) is 23.6 Å². The van der Waals surface area contributed by atoms with Crippen molar-refractivity contribution in [3.8, 4) is 0 Å². The fourth-order valence-electron chi connectivity index (χ4n) is 3.44. The standard InChI is InChI=1S/C17H24N2O/c1-17(2,3)16(20)19-12-14-9-15(19)11-18(14)10-13-7-5-4-6-8-13/h4-8,14-15H,9-12H2,1-3H3. The first-order chi connectivity index (χ1) is 9.45. The van der Waals surface area contributed by atoms with E-state index >= 15 is 0 Å². The van der Waals surface area contributed by atoms with E-state index in [-0.39, 0.29) is 5.41 Å². The molecule has 2 saturated heterocycles. The number of carbonyl (C=O) groups is 1. The molecule has 2 heterocycles. The first-order valence-corrected chi connectivity index (χ1v) is 7.54. The fraction of sp³-hybridized carbons (Fsp3) is 0.588. The van der Waals surface area contributed by atoms with Gasteiger partial charge in [-0.15, -0.1) is 0 Å². The Balaban J connectivity index is 1.63. The minimum Gasteiger partial charge on any atom is -0.336 e. The summed E-state index contributed by atoms with van der Waals surface area (Å²) in [7, 11) is 0. The van der Waals surface area contributed by atoms with Crippen LogP contribution in [0.25, 0.3) is 0 Å². The summed E-state index contributed by atoms with van der Waals surface area (Å²) < 4.78 is 0. The predicted molar refractivity (Wildman–Crippen MR) is 80.2 cm³/mol. The van der Waals surface area contributed by atoms with Crippen LogP contribution in [0.15, 0.2) is 30.3 Å². The molecule has 0 N–H and O–H groups in total. The third-order valence-corrected chi connectivity index (χ3v) is 4.48. The molecule has 2 unspecified atom stereocenters. The molecule has 1 aromatic rings. The van der Waals surface area contributed by atoms with Gasteiger partial charge in [0, 0.05) is 37.1 Å². The van der Waals surface area contributed by atoms with Crippen LogP contribution < -0.4 is 0 Å². The zero-order chi connectivity index (χ0) is 14.3. The first kappa shape index (κ1) is 13.6. The second-order valence-corrected chi connectivity index (χ2v) is 7.17. The van der Waals surface area contributed by atoms with Gasteiger partial charge in [0.2, 0.25) is 5.91 Å². The third kappa shape index (κ3) is 2.47. The largest absolute Gasteiger partial charge is 0.336 e. The monoisotopic (exact) mass is 272 g/mol. The highest BCUT2D eigenvalue weighted by Gasteiger charge is 2.46. The van der Waals surface area contributed by atoms with Crippen LogP contribution in [0.5, 0.6) is 0 Å². The molecule has 3 nitrogen and oxygen atoms in total. The average Bonchev–Trinajstić information content (AvgIpc) is 2.97. The summed E-state index contributed by atoms with van der Waals surface area (Å²) in [5.74, 6) is 0.310. The van der Waals surface area contributed by atoms with Crippen molar-refractivity contribution >= 4 is 5.91 Å². The van der Waals surface area contributed by atoms with Gasteiger partial charge in [-0.2, -0.15) is 0 Å². The minimum absolute atomic E-state index is 0.255. The van der Waals surface area contributed by atoms with Crippen molar-refractivity contribution in [3.05, 3.63) is 35.9 Å². The maximum Gasteiger partial charge on any atom is 0.228 e. The molecule has 2 bridgehead atoms. The van der Waals surface area contributed by atoms with E-state index in [9.17, 15) is 4.79 Å². The maximum absolute atomic E-state index is 12.4. The summed E-state index contributed by atoms with van der Waals surface area (Å²) in [5.41, 5.74) is 1.11. The number of carbonyl (C=O) groups excluding carboxylic acids is 1. The third-order valence-electron chi connectivity index (χ3n) is 4.48. The molecule has 108 valence electrons. The van der Waals surface area contributed by atoms with Gasteiger partial charge < -0.3 is 4.90 Å². The molecule has 2 aliphatic rings. The molecule has 0 spiro atoms. The van der Waals surface area contributed by atoms with Crippen LogP contribution in [0, 0.1) is 5.41 Å². The Morgan fingerprint density at radius 2 is 1.85 bits per heavy atom. The summed E-state index contributed by atoms with van der Waals surface area (Å²) in [6.45, 7) is 9.00. The smallest absolute Gasteiger partial charge is 0.228 e. The van der Waals surface area contributed by atoms with E-state index in [0.717, 1.165) is 26.1 Å². The predicted octanol–water partition coefficient (Wildman–Crippen LogP) is 2.52. The number of hydrogen-bond donors (Lipinski definition) is 0. The zero-order valence-electron chi connectivity index (χ0n) is 12.7. The van der Waals surface area contributed by atoms with Crippen molar-refractivity contribution in [2.24, 2.45) is 5.41 Å². The number of hydrogen-bond acceptors (Lipinski definition) is 2. The highest BCUT2D eigenvalue weighted by atomic mass is 16.2. The molecular weight excluding hydrogens is 248 g/mol. The van der Waals surface area contributed by atoms with Gasteiger partial charge in [-0.3, -0.25) is 9.69 Å². The Hall–Kier alpha value is -1.35. The lowest BCUT2D eigenvalue weighted by Crippen LogP contribution is -2.51. The van der Waals surface area contributed by atoms with Gasteiger partial charge in [-0.1, -0.05) is 51.1 Å². The molecule has 0 radical (unpaired) electrons. The average molecular weight is 272 g/mol. The first-order valence-electron chi connectivity index (χ1n) is 7.54. The van der Waals surface area contributed by atoms with Gasteiger partial charge >= 0.3 is 0 Å². The molecule has 3 rings (SSSR count). The van der Waals surface area contributed by atoms with Crippen molar-refractivity contribution in [1.82, 2.24) is 9.80 Å². The van der Waals surface area contributed by atoms with E-state index in [1.165, 1.54) is 5.56 Å². The number of likely N-dealkylation sites (tertiary alicyclic amines) is 2. The molecule has 0 aromatic heterocycles. The molecular formula is C17H24N2O. The van der Waals surface area contributed by atoms with Crippen LogP contribution in [-0.4, -0.2) is 40.9 Å². The van der Waals surface area contributed by atoms with Gasteiger partial charge in [0.1, 0.15) is 0 Å². The van der Waals surface area contributed by atoms with Crippen molar-refractivity contribution in [2.75, 3.05) is 13.1 Å². The van der Waals surface area contributed by atoms with E-state index in [1.54, 1.807) is 0 Å². The van der Waals surface area contributed by atoms with Gasteiger partial charge in [-0.05, 0) is 12.0 Å². The number of rotatable bonds is 2. The number of nitrogens with zero attached hydrogens (tertiary/aromatic N) is 2. The second kappa shape index (κ2) is 4.88. The lowest BCUT2D eigenvalue weighted by Gasteiger charge is -2.37. The number of fused-ring (bicyclic) bond motifs is 2. The highest BCUT2D eigenvalue weighted by molar-refractivity contribution is 5.82. The van der Waals surface area contributed by atoms with Crippen LogP contribution in [0.4, 0.5) is 0 Å². The molecule has 2 aliphatic heterocycles. The molecule has 0 aliphatic carbocycles. The SMILES string of the molecule is CC(C)(C)C(=O)N1CC2CC1CN2Cc1ccccc1. The van der Waals surface area contributed by atoms with E-state index in [2.05, 4.69) is 40.1 Å². The highest BCUT2D eigenvalue weighted by Crippen LogP contribution is 2.34. The van der Waals surface area contributed by atoms with Crippen LogP contribution in [-0.2, 0) is 11.3 Å². The second-order valence-electron chi connectivity index (χ2n) is 7.17. The zero-order valence-corrected chi connectivity index (χ0v) is 12.7. The summed E-state index contributed by atoms with van der Waals surface area (Å²) in [4.78, 5) is 17.1. The lowest BCUT2D eigenvalue weighted by atomic mass is 9.94. The van der Waals surface area contributed by atoms with E-state index in [0.29, 0.717) is 18.0 Å². The van der Waals surface area contributed by atoms with Crippen molar-refractivity contribution in [3.63, 3.8) is 0 Å². The van der Waals surface area contributed by atoms with Crippen molar-refractivity contribution < 1.29 is 4.79 Å². The van der Waals surface area contributed by atoms with Gasteiger partial charge in [0.15, 0.2) is 0 Å². The molecule has 1 amide bonds. The summed E-state index contributed by atoms with van der Waals surface area (Å²) >= 11 is 0. The van der Waals surface area contributed by atoms with E-state index in [4.69, 9.17) is 0 Å². The van der Waals surface area contributed by atoms with E-state index in [1.807, 2.05) is 20.8 Å². The number of piperazine rings is 1. The number of benzene rings is 1. The van der Waals surface area contributed by atoms with Gasteiger partial charge in [0.25, 0.3) is 0 Å². The van der Waals surface area contributed by atoms with Crippen molar-refractivity contribution in [1.29, 1.82) is 0 Å². The fourth-order valence-corrected chi connectivity index (χ4v) is 3.44. The quantitative estimate of drug-likeness (QED) is 0.826. The Morgan fingerprint density at radius 3 is 2.40 bits per heavy atom. The van der Waals surface area contributed by atoms with Crippen LogP contribution >= 0.6 is 0 Å². The van der Waals surface area contributed by atoms with Gasteiger partial charge in [0.05, 0.1) is 0 Å². The van der Waals surface area contributed by atoms with Crippen LogP contribution in [0.2, 0.25) is 0 Å². The molecule has 1 aromatic carbocycles.